The Hall–Kier alpha value is -1.10. The monoisotopic (exact) mass is 512 g/mol. The van der Waals surface area contributed by atoms with Crippen LogP contribution in [0.1, 0.15) is 162 Å². The summed E-state index contributed by atoms with van der Waals surface area (Å²) in [4.78, 5) is 23.7. The number of rotatable bonds is 27. The van der Waals surface area contributed by atoms with E-state index in [9.17, 15) is 14.7 Å². The van der Waals surface area contributed by atoms with Crippen molar-refractivity contribution in [2.24, 2.45) is 5.92 Å². The fourth-order valence-corrected chi connectivity index (χ4v) is 4.39. The van der Waals surface area contributed by atoms with E-state index in [1.807, 2.05) is 0 Å². The molecule has 0 aromatic carbocycles. The van der Waals surface area contributed by atoms with Gasteiger partial charge in [-0.1, -0.05) is 136 Å². The van der Waals surface area contributed by atoms with Crippen molar-refractivity contribution in [3.8, 4) is 0 Å². The highest BCUT2D eigenvalue weighted by Gasteiger charge is 2.12. The molecule has 0 radical (unpaired) electrons. The average molecular weight is 513 g/mol. The van der Waals surface area contributed by atoms with Gasteiger partial charge in [-0.25, -0.2) is 0 Å². The second-order valence-corrected chi connectivity index (χ2v) is 11.1. The molecule has 0 aliphatic carbocycles. The van der Waals surface area contributed by atoms with Gasteiger partial charge in [0.25, 0.3) is 0 Å². The van der Waals surface area contributed by atoms with Gasteiger partial charge in [-0.3, -0.25) is 9.59 Å². The Morgan fingerprint density at radius 3 is 1.25 bits per heavy atom. The molecule has 214 valence electrons. The summed E-state index contributed by atoms with van der Waals surface area (Å²) in [5.74, 6) is 0.215. The topological polar surface area (TPSA) is 72.8 Å². The Morgan fingerprint density at radius 1 is 0.556 bits per heavy atom. The van der Waals surface area contributed by atoms with Crippen LogP contribution in [0.3, 0.4) is 0 Å². The Labute approximate surface area is 223 Å². The van der Waals surface area contributed by atoms with E-state index >= 15 is 0 Å². The number of hydrogen-bond donors (Lipinski definition) is 1. The van der Waals surface area contributed by atoms with E-state index in [0.717, 1.165) is 38.0 Å². The molecule has 0 fully saturated rings. The van der Waals surface area contributed by atoms with Crippen LogP contribution in [0.5, 0.6) is 0 Å². The van der Waals surface area contributed by atoms with Crippen LogP contribution in [0.2, 0.25) is 0 Å². The van der Waals surface area contributed by atoms with Gasteiger partial charge in [0.1, 0.15) is 19.3 Å². The van der Waals surface area contributed by atoms with Gasteiger partial charge in [-0.2, -0.15) is 0 Å². The van der Waals surface area contributed by atoms with Gasteiger partial charge < -0.3 is 14.6 Å². The largest absolute Gasteiger partial charge is 0.463 e. The predicted octanol–water partition coefficient (Wildman–Crippen LogP) is 8.69. The molecule has 1 atom stereocenters. The Morgan fingerprint density at radius 2 is 0.889 bits per heavy atom. The lowest BCUT2D eigenvalue weighted by atomic mass is 10.0. The molecule has 5 heteroatoms. The number of esters is 2. The van der Waals surface area contributed by atoms with Crippen LogP contribution in [-0.4, -0.2) is 36.4 Å². The fourth-order valence-electron chi connectivity index (χ4n) is 4.39. The number of hydrogen-bond acceptors (Lipinski definition) is 5. The van der Waals surface area contributed by atoms with Crippen molar-refractivity contribution in [2.75, 3.05) is 13.2 Å². The van der Waals surface area contributed by atoms with Crippen LogP contribution >= 0.6 is 0 Å². The van der Waals surface area contributed by atoms with Crippen LogP contribution in [0.25, 0.3) is 0 Å². The third-order valence-electron chi connectivity index (χ3n) is 6.77. The van der Waals surface area contributed by atoms with Crippen molar-refractivity contribution in [1.29, 1.82) is 0 Å². The summed E-state index contributed by atoms with van der Waals surface area (Å²) in [6, 6.07) is 0. The minimum absolute atomic E-state index is 0.110. The molecule has 5 nitrogen and oxygen atoms in total. The molecule has 0 spiro atoms. The minimum atomic E-state index is -0.953. The summed E-state index contributed by atoms with van der Waals surface area (Å²) in [6.45, 7) is 6.55. The van der Waals surface area contributed by atoms with Crippen molar-refractivity contribution in [1.82, 2.24) is 0 Å². The van der Waals surface area contributed by atoms with Gasteiger partial charge in [-0.05, 0) is 18.8 Å². The van der Waals surface area contributed by atoms with Gasteiger partial charge >= 0.3 is 11.9 Å². The number of carbonyl (C=O) groups is 2. The van der Waals surface area contributed by atoms with E-state index in [2.05, 4.69) is 20.8 Å². The standard InChI is InChI=1S/C31H60O5/c1-4-5-6-7-8-9-10-11-12-13-14-18-21-24-30(33)35-26-29(32)27-36-31(34)25-22-19-16-15-17-20-23-28(2)3/h28-29,32H,4-27H2,1-3H3/t29-/m1/s1. The first-order chi connectivity index (χ1) is 17.5. The van der Waals surface area contributed by atoms with Crippen LogP contribution in [0, 0.1) is 5.92 Å². The molecular weight excluding hydrogens is 452 g/mol. The maximum absolute atomic E-state index is 11.8. The number of aliphatic hydroxyl groups is 1. The minimum Gasteiger partial charge on any atom is -0.463 e. The smallest absolute Gasteiger partial charge is 0.305 e. The normalized spacial score (nSPS) is 12.1. The second-order valence-electron chi connectivity index (χ2n) is 11.1. The first kappa shape index (κ1) is 34.9. The lowest BCUT2D eigenvalue weighted by molar-refractivity contribution is -0.152. The van der Waals surface area contributed by atoms with E-state index in [1.54, 1.807) is 0 Å². The average Bonchev–Trinajstić information content (AvgIpc) is 2.85. The van der Waals surface area contributed by atoms with E-state index < -0.39 is 6.10 Å². The first-order valence-electron chi connectivity index (χ1n) is 15.4. The summed E-state index contributed by atoms with van der Waals surface area (Å²) in [5, 5.41) is 9.91. The molecule has 0 saturated carbocycles. The first-order valence-corrected chi connectivity index (χ1v) is 15.4. The quantitative estimate of drug-likeness (QED) is 0.0880. The van der Waals surface area contributed by atoms with Gasteiger partial charge in [0.15, 0.2) is 0 Å². The number of aliphatic hydroxyl groups excluding tert-OH is 1. The molecule has 0 amide bonds. The number of carbonyl (C=O) groups excluding carboxylic acids is 2. The number of ether oxygens (including phenoxy) is 2. The molecule has 0 rings (SSSR count). The van der Waals surface area contributed by atoms with Gasteiger partial charge in [0.05, 0.1) is 0 Å². The lowest BCUT2D eigenvalue weighted by Crippen LogP contribution is -2.25. The van der Waals surface area contributed by atoms with Crippen molar-refractivity contribution < 1.29 is 24.2 Å². The number of unbranched alkanes of at least 4 members (excludes halogenated alkanes) is 17. The maximum Gasteiger partial charge on any atom is 0.305 e. The van der Waals surface area contributed by atoms with Crippen LogP contribution in [-0.2, 0) is 19.1 Å². The highest BCUT2D eigenvalue weighted by molar-refractivity contribution is 5.69. The third kappa shape index (κ3) is 27.5. The van der Waals surface area contributed by atoms with Crippen LogP contribution in [0.15, 0.2) is 0 Å². The van der Waals surface area contributed by atoms with Crippen molar-refractivity contribution in [2.45, 2.75) is 168 Å². The fraction of sp³-hybridized carbons (Fsp3) is 0.935. The van der Waals surface area contributed by atoms with Gasteiger partial charge in [0.2, 0.25) is 0 Å². The summed E-state index contributed by atoms with van der Waals surface area (Å²) in [5.41, 5.74) is 0. The molecule has 0 bridgehead atoms. The Bertz CT molecular complexity index is 491. The molecule has 1 N–H and O–H groups in total. The third-order valence-corrected chi connectivity index (χ3v) is 6.77. The van der Waals surface area contributed by atoms with Crippen molar-refractivity contribution in [3.63, 3.8) is 0 Å². The van der Waals surface area contributed by atoms with Crippen LogP contribution in [0.4, 0.5) is 0 Å². The summed E-state index contributed by atoms with van der Waals surface area (Å²) in [6.07, 6.45) is 24.4. The summed E-state index contributed by atoms with van der Waals surface area (Å²) >= 11 is 0. The second kappa shape index (κ2) is 26.9. The highest BCUT2D eigenvalue weighted by Crippen LogP contribution is 2.14. The van der Waals surface area contributed by atoms with Crippen LogP contribution < -0.4 is 0 Å². The maximum atomic E-state index is 11.8. The van der Waals surface area contributed by atoms with E-state index in [-0.39, 0.29) is 25.2 Å². The zero-order valence-corrected chi connectivity index (χ0v) is 24.2. The SMILES string of the molecule is CCCCCCCCCCCCCCCC(=O)OC[C@@H](O)COC(=O)CCCCCCCCC(C)C. The van der Waals surface area contributed by atoms with Gasteiger partial charge in [-0.15, -0.1) is 0 Å². The van der Waals surface area contributed by atoms with Gasteiger partial charge in [0, 0.05) is 12.8 Å². The van der Waals surface area contributed by atoms with E-state index in [4.69, 9.17) is 9.47 Å². The molecule has 0 aliphatic rings. The Kier molecular flexibility index (Phi) is 26.1. The molecule has 0 saturated heterocycles. The molecule has 0 heterocycles. The molecule has 0 aromatic rings. The van der Waals surface area contributed by atoms with Crippen molar-refractivity contribution in [3.05, 3.63) is 0 Å². The summed E-state index contributed by atoms with van der Waals surface area (Å²) < 4.78 is 10.2. The highest BCUT2D eigenvalue weighted by atomic mass is 16.6. The molecule has 36 heavy (non-hydrogen) atoms. The Balaban J connectivity index is 3.42. The molecule has 0 unspecified atom stereocenters. The zero-order valence-electron chi connectivity index (χ0n) is 24.2. The molecule has 0 aromatic heterocycles. The van der Waals surface area contributed by atoms with E-state index in [1.165, 1.54) is 96.3 Å². The summed E-state index contributed by atoms with van der Waals surface area (Å²) in [7, 11) is 0. The molecule has 0 aliphatic heterocycles. The van der Waals surface area contributed by atoms with Crippen molar-refractivity contribution >= 4 is 11.9 Å². The molecular formula is C31H60O5. The predicted molar refractivity (Wildman–Crippen MR) is 150 cm³/mol. The van der Waals surface area contributed by atoms with E-state index in [0.29, 0.717) is 12.8 Å². The zero-order chi connectivity index (χ0) is 26.7. The lowest BCUT2D eigenvalue weighted by Gasteiger charge is -2.12.